The molecule has 3 N–H and O–H groups in total. The second-order valence-corrected chi connectivity index (χ2v) is 6.07. The Labute approximate surface area is 112 Å². The molecule has 0 atom stereocenters. The Bertz CT molecular complexity index is 719. The van der Waals surface area contributed by atoms with Gasteiger partial charge in [0.1, 0.15) is 5.82 Å². The third kappa shape index (κ3) is 2.55. The van der Waals surface area contributed by atoms with Crippen LogP contribution in [-0.2, 0) is 17.1 Å². The van der Waals surface area contributed by atoms with E-state index >= 15 is 0 Å². The zero-order valence-electron chi connectivity index (χ0n) is 11.0. The lowest BCUT2D eigenvalue weighted by molar-refractivity contribution is 0.599. The van der Waals surface area contributed by atoms with Crippen LogP contribution in [0.15, 0.2) is 29.3 Å². The van der Waals surface area contributed by atoms with Crippen molar-refractivity contribution in [2.45, 2.75) is 18.7 Å². The van der Waals surface area contributed by atoms with Gasteiger partial charge in [0.25, 0.3) is 10.0 Å². The van der Waals surface area contributed by atoms with Crippen molar-refractivity contribution >= 4 is 21.5 Å². The van der Waals surface area contributed by atoms with Crippen molar-refractivity contribution in [2.24, 2.45) is 7.05 Å². The third-order valence-electron chi connectivity index (χ3n) is 2.89. The van der Waals surface area contributed by atoms with Gasteiger partial charge in [0.05, 0.1) is 11.1 Å². The number of nitrogens with one attached hydrogen (secondary N) is 1. The molecule has 102 valence electrons. The van der Waals surface area contributed by atoms with E-state index in [1.165, 1.54) is 10.9 Å². The molecule has 0 radical (unpaired) electrons. The van der Waals surface area contributed by atoms with Crippen LogP contribution < -0.4 is 10.5 Å². The summed E-state index contributed by atoms with van der Waals surface area (Å²) in [6.07, 6.45) is 1.52. The molecule has 1 heterocycles. The fraction of sp³-hybridized carbons (Fsp3) is 0.250. The molecule has 2 aromatic rings. The summed E-state index contributed by atoms with van der Waals surface area (Å²) in [7, 11) is -2.01. The predicted molar refractivity (Wildman–Crippen MR) is 74.3 cm³/mol. The van der Waals surface area contributed by atoms with E-state index < -0.39 is 10.0 Å². The van der Waals surface area contributed by atoms with Gasteiger partial charge in [0, 0.05) is 18.8 Å². The largest absolute Gasteiger partial charge is 0.398 e. The SMILES string of the molecule is Cc1cc(N)c(C)c(S(=O)(=O)Nc2ccnn2C)c1. The number of aromatic nitrogens is 2. The molecule has 1 aromatic heterocycles. The monoisotopic (exact) mass is 280 g/mol. The maximum atomic E-state index is 12.4. The lowest BCUT2D eigenvalue weighted by atomic mass is 10.1. The number of nitrogens with two attached hydrogens (primary N) is 1. The van der Waals surface area contributed by atoms with Gasteiger partial charge < -0.3 is 5.73 Å². The van der Waals surface area contributed by atoms with Crippen LogP contribution in [0.4, 0.5) is 11.5 Å². The van der Waals surface area contributed by atoms with Crippen LogP contribution in [0.2, 0.25) is 0 Å². The molecule has 0 fully saturated rings. The van der Waals surface area contributed by atoms with Crippen LogP contribution in [0, 0.1) is 13.8 Å². The first kappa shape index (κ1) is 13.4. The van der Waals surface area contributed by atoms with E-state index in [1.807, 2.05) is 0 Å². The molecule has 0 saturated carbocycles. The molecule has 0 bridgehead atoms. The maximum absolute atomic E-state index is 12.4. The van der Waals surface area contributed by atoms with Crippen LogP contribution in [0.5, 0.6) is 0 Å². The van der Waals surface area contributed by atoms with E-state index in [0.29, 0.717) is 17.1 Å². The van der Waals surface area contributed by atoms with Gasteiger partial charge in [-0.25, -0.2) is 8.42 Å². The zero-order chi connectivity index (χ0) is 14.2. The van der Waals surface area contributed by atoms with Crippen molar-refractivity contribution in [3.63, 3.8) is 0 Å². The summed E-state index contributed by atoms with van der Waals surface area (Å²) >= 11 is 0. The highest BCUT2D eigenvalue weighted by atomic mass is 32.2. The van der Waals surface area contributed by atoms with Gasteiger partial charge in [-0.1, -0.05) is 0 Å². The molecule has 2 rings (SSSR count). The molecule has 7 heteroatoms. The summed E-state index contributed by atoms with van der Waals surface area (Å²) in [5.74, 6) is 0.402. The van der Waals surface area contributed by atoms with Gasteiger partial charge in [-0.15, -0.1) is 0 Å². The highest BCUT2D eigenvalue weighted by Crippen LogP contribution is 2.24. The van der Waals surface area contributed by atoms with Gasteiger partial charge in [-0.05, 0) is 37.1 Å². The number of rotatable bonds is 3. The van der Waals surface area contributed by atoms with E-state index in [1.54, 1.807) is 39.1 Å². The molecule has 0 spiro atoms. The number of anilines is 2. The minimum atomic E-state index is -3.67. The first-order valence-corrected chi connectivity index (χ1v) is 7.17. The molecule has 0 aliphatic rings. The van der Waals surface area contributed by atoms with Crippen molar-refractivity contribution < 1.29 is 8.42 Å². The first-order chi connectivity index (χ1) is 8.81. The number of nitrogen functional groups attached to an aromatic ring is 1. The Hall–Kier alpha value is -2.02. The molecule has 0 saturated heterocycles. The van der Waals surface area contributed by atoms with Gasteiger partial charge >= 0.3 is 0 Å². The number of benzene rings is 1. The smallest absolute Gasteiger partial charge is 0.263 e. The number of hydrogen-bond acceptors (Lipinski definition) is 4. The standard InChI is InChI=1S/C12H16N4O2S/c1-8-6-10(13)9(2)11(7-8)19(17,18)15-12-4-5-14-16(12)3/h4-7,15H,13H2,1-3H3. The number of hydrogen-bond donors (Lipinski definition) is 2. The first-order valence-electron chi connectivity index (χ1n) is 5.69. The van der Waals surface area contributed by atoms with Gasteiger partial charge in [-0.2, -0.15) is 5.10 Å². The summed E-state index contributed by atoms with van der Waals surface area (Å²) < 4.78 is 28.7. The fourth-order valence-electron chi connectivity index (χ4n) is 1.80. The van der Waals surface area contributed by atoms with Crippen molar-refractivity contribution in [3.8, 4) is 0 Å². The summed E-state index contributed by atoms with van der Waals surface area (Å²) in [6.45, 7) is 3.49. The Balaban J connectivity index is 2.49. The van der Waals surface area contributed by atoms with Crippen LogP contribution in [0.3, 0.4) is 0 Å². The van der Waals surface area contributed by atoms with Crippen molar-refractivity contribution in [1.82, 2.24) is 9.78 Å². The number of sulfonamides is 1. The van der Waals surface area contributed by atoms with E-state index in [0.717, 1.165) is 5.56 Å². The Morgan fingerprint density at radius 3 is 2.58 bits per heavy atom. The minimum Gasteiger partial charge on any atom is -0.398 e. The second kappa shape index (κ2) is 4.58. The van der Waals surface area contributed by atoms with Crippen LogP contribution in [0.25, 0.3) is 0 Å². The van der Waals surface area contributed by atoms with Crippen molar-refractivity contribution in [1.29, 1.82) is 0 Å². The van der Waals surface area contributed by atoms with E-state index in [-0.39, 0.29) is 4.90 Å². The maximum Gasteiger partial charge on any atom is 0.263 e. The summed E-state index contributed by atoms with van der Waals surface area (Å²) in [5, 5.41) is 3.92. The average Bonchev–Trinajstić information content (AvgIpc) is 2.69. The topological polar surface area (TPSA) is 90.0 Å². The van der Waals surface area contributed by atoms with Gasteiger partial charge in [0.15, 0.2) is 0 Å². The number of aryl methyl sites for hydroxylation is 2. The summed E-state index contributed by atoms with van der Waals surface area (Å²) in [4.78, 5) is 0.186. The third-order valence-corrected chi connectivity index (χ3v) is 4.37. The molecule has 19 heavy (non-hydrogen) atoms. The molecule has 0 aliphatic carbocycles. The molecule has 0 aliphatic heterocycles. The lowest BCUT2D eigenvalue weighted by Crippen LogP contribution is -2.17. The molecule has 0 amide bonds. The quantitative estimate of drug-likeness (QED) is 0.832. The summed E-state index contributed by atoms with van der Waals surface area (Å²) in [5.41, 5.74) is 7.62. The molecule has 6 nitrogen and oxygen atoms in total. The summed E-state index contributed by atoms with van der Waals surface area (Å²) in [6, 6.07) is 4.94. The van der Waals surface area contributed by atoms with Crippen molar-refractivity contribution in [2.75, 3.05) is 10.5 Å². The van der Waals surface area contributed by atoms with Gasteiger partial charge in [-0.3, -0.25) is 9.40 Å². The minimum absolute atomic E-state index is 0.186. The van der Waals surface area contributed by atoms with E-state index in [4.69, 9.17) is 5.73 Å². The van der Waals surface area contributed by atoms with Crippen LogP contribution in [0.1, 0.15) is 11.1 Å². The Morgan fingerprint density at radius 1 is 1.32 bits per heavy atom. The number of nitrogens with zero attached hydrogens (tertiary/aromatic N) is 2. The normalized spacial score (nSPS) is 11.5. The highest BCUT2D eigenvalue weighted by molar-refractivity contribution is 7.92. The Kier molecular flexibility index (Phi) is 3.23. The molecule has 0 unspecified atom stereocenters. The fourth-order valence-corrected chi connectivity index (χ4v) is 3.25. The van der Waals surface area contributed by atoms with Crippen molar-refractivity contribution in [3.05, 3.63) is 35.5 Å². The van der Waals surface area contributed by atoms with E-state index in [9.17, 15) is 8.42 Å². The Morgan fingerprint density at radius 2 is 2.00 bits per heavy atom. The highest BCUT2D eigenvalue weighted by Gasteiger charge is 2.20. The molecule has 1 aromatic carbocycles. The lowest BCUT2D eigenvalue weighted by Gasteiger charge is -2.12. The average molecular weight is 280 g/mol. The van der Waals surface area contributed by atoms with Gasteiger partial charge in [0.2, 0.25) is 0 Å². The van der Waals surface area contributed by atoms with Crippen LogP contribution in [-0.4, -0.2) is 18.2 Å². The second-order valence-electron chi connectivity index (χ2n) is 4.42. The molecular formula is C12H16N4O2S. The predicted octanol–water partition coefficient (Wildman–Crippen LogP) is 1.42. The molecular weight excluding hydrogens is 264 g/mol. The van der Waals surface area contributed by atoms with E-state index in [2.05, 4.69) is 9.82 Å². The van der Waals surface area contributed by atoms with Crippen LogP contribution >= 0.6 is 0 Å². The zero-order valence-corrected chi connectivity index (χ0v) is 11.8.